The minimum atomic E-state index is -1.08. The second-order valence-corrected chi connectivity index (χ2v) is 10.5. The van der Waals surface area contributed by atoms with Crippen LogP contribution in [-0.4, -0.2) is 60.9 Å². The molecule has 0 aliphatic carbocycles. The number of esters is 1. The number of anilines is 2. The summed E-state index contributed by atoms with van der Waals surface area (Å²) in [6.45, 7) is 0.171. The van der Waals surface area contributed by atoms with Crippen molar-refractivity contribution in [2.24, 2.45) is 0 Å². The highest BCUT2D eigenvalue weighted by Crippen LogP contribution is 2.35. The van der Waals surface area contributed by atoms with E-state index < -0.39 is 18.5 Å². The molecule has 0 aromatic heterocycles. The number of aliphatic hydroxyl groups excluding tert-OH is 3. The van der Waals surface area contributed by atoms with Crippen LogP contribution in [0.4, 0.5) is 11.4 Å². The van der Waals surface area contributed by atoms with Gasteiger partial charge in [0, 0.05) is 43.3 Å². The number of carbonyl (C=O) groups is 1. The zero-order chi connectivity index (χ0) is 30.6. The van der Waals surface area contributed by atoms with E-state index in [0.29, 0.717) is 34.1 Å². The van der Waals surface area contributed by atoms with E-state index in [0.717, 1.165) is 5.56 Å². The molecule has 0 amide bonds. The Morgan fingerprint density at radius 3 is 2.12 bits per heavy atom. The number of aryl methyl sites for hydroxylation is 1. The van der Waals surface area contributed by atoms with Gasteiger partial charge in [-0.15, -0.1) is 0 Å². The molecule has 1 unspecified atom stereocenters. The molecule has 0 aliphatic rings. The summed E-state index contributed by atoms with van der Waals surface area (Å²) in [6, 6.07) is 15.6. The maximum atomic E-state index is 11.4. The predicted octanol–water partition coefficient (Wildman–Crippen LogP) is 6.09. The number of nitrogens with one attached hydrogen (secondary N) is 1. The lowest BCUT2D eigenvalue weighted by atomic mass is 10.1. The van der Waals surface area contributed by atoms with Gasteiger partial charge in [0.15, 0.2) is 12.0 Å². The Morgan fingerprint density at radius 2 is 1.50 bits per heavy atom. The Morgan fingerprint density at radius 1 is 0.857 bits per heavy atom. The van der Waals surface area contributed by atoms with Crippen molar-refractivity contribution in [3.63, 3.8) is 0 Å². The SMILES string of the molecule is COC(=O)CCc1cc(Cl)c(OCC[C@@H](O)[C@H](O)CCOc2ccc(Nc3ccccc3C(O)OC)cc2Cl)c(Cl)c1. The van der Waals surface area contributed by atoms with E-state index in [9.17, 15) is 20.1 Å². The van der Waals surface area contributed by atoms with Gasteiger partial charge >= 0.3 is 5.97 Å². The van der Waals surface area contributed by atoms with Gasteiger partial charge in [-0.2, -0.15) is 0 Å². The third-order valence-corrected chi connectivity index (χ3v) is 7.20. The molecule has 9 nitrogen and oxygen atoms in total. The molecule has 0 radical (unpaired) electrons. The maximum Gasteiger partial charge on any atom is 0.305 e. The molecule has 3 atom stereocenters. The first-order valence-corrected chi connectivity index (χ1v) is 14.3. The summed E-state index contributed by atoms with van der Waals surface area (Å²) in [5, 5.41) is 34.9. The highest BCUT2D eigenvalue weighted by atomic mass is 35.5. The molecule has 3 rings (SSSR count). The predicted molar refractivity (Wildman–Crippen MR) is 162 cm³/mol. The number of rotatable bonds is 16. The number of benzene rings is 3. The third kappa shape index (κ3) is 9.91. The van der Waals surface area contributed by atoms with E-state index in [1.807, 2.05) is 12.1 Å². The van der Waals surface area contributed by atoms with Crippen LogP contribution in [0.1, 0.15) is 36.7 Å². The van der Waals surface area contributed by atoms with Crippen LogP contribution in [0.5, 0.6) is 11.5 Å². The van der Waals surface area contributed by atoms with Gasteiger partial charge in [0.25, 0.3) is 0 Å². The van der Waals surface area contributed by atoms with E-state index in [1.165, 1.54) is 14.2 Å². The van der Waals surface area contributed by atoms with Crippen LogP contribution in [0.3, 0.4) is 0 Å². The Labute approximate surface area is 259 Å². The second-order valence-electron chi connectivity index (χ2n) is 9.32. The van der Waals surface area contributed by atoms with E-state index in [4.69, 9.17) is 49.0 Å². The molecule has 3 aromatic carbocycles. The van der Waals surface area contributed by atoms with Gasteiger partial charge in [-0.05, 0) is 48.4 Å². The molecule has 4 N–H and O–H groups in total. The van der Waals surface area contributed by atoms with Gasteiger partial charge in [0.2, 0.25) is 0 Å². The smallest absolute Gasteiger partial charge is 0.305 e. The van der Waals surface area contributed by atoms with Crippen LogP contribution in [0.15, 0.2) is 54.6 Å². The van der Waals surface area contributed by atoms with E-state index in [1.54, 1.807) is 42.5 Å². The molecule has 0 saturated carbocycles. The Bertz CT molecular complexity index is 1300. The zero-order valence-electron chi connectivity index (χ0n) is 23.2. The van der Waals surface area contributed by atoms with Crippen molar-refractivity contribution < 1.29 is 39.1 Å². The number of aliphatic hydroxyl groups is 3. The standard InChI is InChI=1S/C30H34Cl3NO8/c1-39-28(37)10-7-18-15-22(32)29(23(33)16-18)42-14-12-26(36)25(35)11-13-41-27-9-8-19(17-21(27)31)34-24-6-4-3-5-20(24)30(38)40-2/h3-6,8-9,15-17,25-26,30,34-36,38H,7,10-14H2,1-2H3/t25-,26-,30?/m1/s1. The van der Waals surface area contributed by atoms with Gasteiger partial charge < -0.3 is 39.6 Å². The van der Waals surface area contributed by atoms with Crippen LogP contribution < -0.4 is 14.8 Å². The molecule has 42 heavy (non-hydrogen) atoms. The van der Waals surface area contributed by atoms with Crippen LogP contribution in [0, 0.1) is 0 Å². The van der Waals surface area contributed by atoms with Gasteiger partial charge in [0.05, 0.1) is 47.6 Å². The largest absolute Gasteiger partial charge is 0.492 e. The van der Waals surface area contributed by atoms with Crippen LogP contribution in [0.2, 0.25) is 15.1 Å². The van der Waals surface area contributed by atoms with Crippen molar-refractivity contribution in [2.75, 3.05) is 32.8 Å². The Hall–Kier alpha value is -2.76. The molecule has 0 aliphatic heterocycles. The monoisotopic (exact) mass is 641 g/mol. The van der Waals surface area contributed by atoms with Crippen molar-refractivity contribution in [1.82, 2.24) is 0 Å². The fourth-order valence-electron chi connectivity index (χ4n) is 4.00. The Kier molecular flexibility index (Phi) is 13.5. The molecule has 0 bridgehead atoms. The molecule has 0 saturated heterocycles. The number of methoxy groups -OCH3 is 2. The molecule has 228 valence electrons. The van der Waals surface area contributed by atoms with Crippen LogP contribution in [0.25, 0.3) is 0 Å². The fraction of sp³-hybridized carbons (Fsp3) is 0.367. The number of ether oxygens (including phenoxy) is 4. The van der Waals surface area contributed by atoms with Gasteiger partial charge in [0.1, 0.15) is 5.75 Å². The number of carbonyl (C=O) groups excluding carboxylic acids is 1. The normalized spacial score (nSPS) is 13.2. The average molecular weight is 643 g/mol. The number of para-hydroxylation sites is 1. The highest BCUT2D eigenvalue weighted by molar-refractivity contribution is 6.37. The topological polar surface area (TPSA) is 127 Å². The molecular weight excluding hydrogens is 609 g/mol. The van der Waals surface area contributed by atoms with Crippen molar-refractivity contribution in [2.45, 2.75) is 44.2 Å². The number of halogens is 3. The molecule has 0 heterocycles. The molecular formula is C30H34Cl3NO8. The van der Waals surface area contributed by atoms with E-state index >= 15 is 0 Å². The molecule has 0 spiro atoms. The van der Waals surface area contributed by atoms with Crippen molar-refractivity contribution in [3.8, 4) is 11.5 Å². The van der Waals surface area contributed by atoms with Gasteiger partial charge in [-0.25, -0.2) is 0 Å². The number of hydrogen-bond donors (Lipinski definition) is 4. The lowest BCUT2D eigenvalue weighted by Crippen LogP contribution is -2.29. The number of hydrogen-bond acceptors (Lipinski definition) is 9. The van der Waals surface area contributed by atoms with Crippen LogP contribution >= 0.6 is 34.8 Å². The summed E-state index contributed by atoms with van der Waals surface area (Å²) in [5.41, 5.74) is 2.67. The molecule has 3 aromatic rings. The second kappa shape index (κ2) is 16.8. The first-order valence-electron chi connectivity index (χ1n) is 13.2. The first kappa shape index (κ1) is 33.7. The van der Waals surface area contributed by atoms with Gasteiger partial charge in [-0.3, -0.25) is 4.79 Å². The maximum absolute atomic E-state index is 11.4. The highest BCUT2D eigenvalue weighted by Gasteiger charge is 2.18. The van der Waals surface area contributed by atoms with E-state index in [-0.39, 0.29) is 54.2 Å². The third-order valence-electron chi connectivity index (χ3n) is 6.34. The zero-order valence-corrected chi connectivity index (χ0v) is 25.5. The fourth-order valence-corrected chi connectivity index (χ4v) is 4.88. The summed E-state index contributed by atoms with van der Waals surface area (Å²) in [7, 11) is 2.74. The lowest BCUT2D eigenvalue weighted by molar-refractivity contribution is -0.140. The van der Waals surface area contributed by atoms with Gasteiger partial charge in [-0.1, -0.05) is 53.0 Å². The molecule has 12 heteroatoms. The minimum Gasteiger partial charge on any atom is -0.492 e. The van der Waals surface area contributed by atoms with E-state index in [2.05, 4.69) is 10.1 Å². The van der Waals surface area contributed by atoms with Crippen molar-refractivity contribution >= 4 is 52.1 Å². The Balaban J connectivity index is 1.44. The minimum absolute atomic E-state index is 0.0604. The summed E-state index contributed by atoms with van der Waals surface area (Å²) < 4.78 is 21.0. The lowest BCUT2D eigenvalue weighted by Gasteiger charge is -2.19. The average Bonchev–Trinajstić information content (AvgIpc) is 2.98. The quantitative estimate of drug-likeness (QED) is 0.108. The summed E-state index contributed by atoms with van der Waals surface area (Å²) in [6.07, 6.45) is -2.33. The van der Waals surface area contributed by atoms with Crippen molar-refractivity contribution in [3.05, 3.63) is 80.8 Å². The summed E-state index contributed by atoms with van der Waals surface area (Å²) in [4.78, 5) is 11.4. The molecule has 0 fully saturated rings. The summed E-state index contributed by atoms with van der Waals surface area (Å²) in [5.74, 6) is 0.338. The summed E-state index contributed by atoms with van der Waals surface area (Å²) >= 11 is 19.0. The first-order chi connectivity index (χ1) is 20.1. The van der Waals surface area contributed by atoms with Crippen molar-refractivity contribution in [1.29, 1.82) is 0 Å². The van der Waals surface area contributed by atoms with Crippen LogP contribution in [-0.2, 0) is 20.7 Å².